The van der Waals surface area contributed by atoms with Crippen LogP contribution in [0, 0.1) is 18.6 Å². The molecule has 1 aromatic heterocycles. The lowest BCUT2D eigenvalue weighted by Gasteiger charge is -2.10. The lowest BCUT2D eigenvalue weighted by atomic mass is 10.1. The third-order valence-electron chi connectivity index (χ3n) is 2.83. The van der Waals surface area contributed by atoms with E-state index in [9.17, 15) is 13.6 Å². The summed E-state index contributed by atoms with van der Waals surface area (Å²) in [6, 6.07) is 4.79. The minimum Gasteiger partial charge on any atom is -0.478 e. The summed E-state index contributed by atoms with van der Waals surface area (Å²) in [5.74, 6) is -2.31. The van der Waals surface area contributed by atoms with Crippen molar-refractivity contribution in [3.63, 3.8) is 0 Å². The molecule has 2 rings (SSSR count). The minimum atomic E-state index is -1.11. The molecule has 104 valence electrons. The van der Waals surface area contributed by atoms with Crippen molar-refractivity contribution < 1.29 is 18.7 Å². The Morgan fingerprint density at radius 3 is 2.75 bits per heavy atom. The van der Waals surface area contributed by atoms with Crippen LogP contribution in [-0.2, 0) is 6.54 Å². The molecule has 4 nitrogen and oxygen atoms in total. The van der Waals surface area contributed by atoms with E-state index in [0.29, 0.717) is 5.56 Å². The van der Waals surface area contributed by atoms with Crippen molar-refractivity contribution in [2.45, 2.75) is 13.5 Å². The van der Waals surface area contributed by atoms with Gasteiger partial charge in [0, 0.05) is 24.4 Å². The number of nitrogens with one attached hydrogen (secondary N) is 1. The number of carboxylic acid groups (broad SMARTS) is 1. The van der Waals surface area contributed by atoms with Crippen LogP contribution in [0.5, 0.6) is 0 Å². The SMILES string of the molecule is Cc1ccnc(NCc2ccc(F)cc2F)c1C(=O)O. The summed E-state index contributed by atoms with van der Waals surface area (Å²) in [7, 11) is 0. The van der Waals surface area contributed by atoms with E-state index in [1.807, 2.05) is 0 Å². The zero-order valence-corrected chi connectivity index (χ0v) is 10.7. The van der Waals surface area contributed by atoms with Gasteiger partial charge >= 0.3 is 5.97 Å². The highest BCUT2D eigenvalue weighted by Gasteiger charge is 2.14. The van der Waals surface area contributed by atoms with Crippen LogP contribution in [0.3, 0.4) is 0 Å². The summed E-state index contributed by atoms with van der Waals surface area (Å²) in [4.78, 5) is 15.1. The van der Waals surface area contributed by atoms with Gasteiger partial charge < -0.3 is 10.4 Å². The standard InChI is InChI=1S/C14H12F2N2O2/c1-8-4-5-17-13(12(8)14(19)20)18-7-9-2-3-10(15)6-11(9)16/h2-6H,7H2,1H3,(H,17,18)(H,19,20). The van der Waals surface area contributed by atoms with Gasteiger partial charge in [-0.15, -0.1) is 0 Å². The van der Waals surface area contributed by atoms with Crippen molar-refractivity contribution >= 4 is 11.8 Å². The number of carboxylic acids is 1. The maximum Gasteiger partial charge on any atom is 0.339 e. The molecule has 0 atom stereocenters. The van der Waals surface area contributed by atoms with Gasteiger partial charge in [0.05, 0.1) is 0 Å². The number of carbonyl (C=O) groups is 1. The van der Waals surface area contributed by atoms with Crippen LogP contribution < -0.4 is 5.32 Å². The topological polar surface area (TPSA) is 62.2 Å². The van der Waals surface area contributed by atoms with Gasteiger partial charge in [-0.3, -0.25) is 0 Å². The zero-order valence-electron chi connectivity index (χ0n) is 10.7. The first-order valence-electron chi connectivity index (χ1n) is 5.85. The molecule has 1 aromatic carbocycles. The Labute approximate surface area is 114 Å². The van der Waals surface area contributed by atoms with Gasteiger partial charge in [-0.05, 0) is 24.6 Å². The minimum absolute atomic E-state index is 0.0167. The highest BCUT2D eigenvalue weighted by molar-refractivity contribution is 5.94. The Balaban J connectivity index is 2.23. The van der Waals surface area contributed by atoms with Crippen LogP contribution >= 0.6 is 0 Å². The van der Waals surface area contributed by atoms with E-state index in [0.717, 1.165) is 12.1 Å². The highest BCUT2D eigenvalue weighted by atomic mass is 19.1. The van der Waals surface area contributed by atoms with Crippen LogP contribution in [0.25, 0.3) is 0 Å². The normalized spacial score (nSPS) is 10.3. The van der Waals surface area contributed by atoms with Gasteiger partial charge in [0.15, 0.2) is 0 Å². The second kappa shape index (κ2) is 5.64. The largest absolute Gasteiger partial charge is 0.478 e. The summed E-state index contributed by atoms with van der Waals surface area (Å²) >= 11 is 0. The predicted molar refractivity (Wildman–Crippen MR) is 69.6 cm³/mol. The number of halogens is 2. The molecule has 0 aliphatic rings. The summed E-state index contributed by atoms with van der Waals surface area (Å²) in [6.45, 7) is 1.66. The number of pyridine rings is 1. The summed E-state index contributed by atoms with van der Waals surface area (Å²) in [6.07, 6.45) is 1.46. The molecule has 0 aliphatic carbocycles. The second-order valence-electron chi connectivity index (χ2n) is 4.25. The number of aryl methyl sites for hydroxylation is 1. The fourth-order valence-corrected chi connectivity index (χ4v) is 1.81. The van der Waals surface area contributed by atoms with Gasteiger partial charge in [0.25, 0.3) is 0 Å². The highest BCUT2D eigenvalue weighted by Crippen LogP contribution is 2.18. The predicted octanol–water partition coefficient (Wildman–Crippen LogP) is 2.98. The van der Waals surface area contributed by atoms with Gasteiger partial charge in [-0.25, -0.2) is 18.6 Å². The Kier molecular flexibility index (Phi) is 3.93. The van der Waals surface area contributed by atoms with E-state index < -0.39 is 17.6 Å². The zero-order chi connectivity index (χ0) is 14.7. The first-order valence-corrected chi connectivity index (χ1v) is 5.85. The van der Waals surface area contributed by atoms with Crippen molar-refractivity contribution in [2.75, 3.05) is 5.32 Å². The Morgan fingerprint density at radius 2 is 2.10 bits per heavy atom. The number of benzene rings is 1. The van der Waals surface area contributed by atoms with Crippen LogP contribution in [0.1, 0.15) is 21.5 Å². The van der Waals surface area contributed by atoms with E-state index in [1.54, 1.807) is 13.0 Å². The number of nitrogens with zero attached hydrogens (tertiary/aromatic N) is 1. The average Bonchev–Trinajstić information content (AvgIpc) is 2.37. The van der Waals surface area contributed by atoms with Crippen LogP contribution in [0.4, 0.5) is 14.6 Å². The third kappa shape index (κ3) is 2.90. The van der Waals surface area contributed by atoms with Gasteiger partial charge in [-0.1, -0.05) is 6.07 Å². The molecule has 20 heavy (non-hydrogen) atoms. The van der Waals surface area contributed by atoms with Crippen molar-refractivity contribution in [1.82, 2.24) is 4.98 Å². The molecule has 0 unspecified atom stereocenters. The summed E-state index contributed by atoms with van der Waals surface area (Å²) < 4.78 is 26.3. The maximum absolute atomic E-state index is 13.5. The average molecular weight is 278 g/mol. The van der Waals surface area contributed by atoms with Gasteiger partial charge in [-0.2, -0.15) is 0 Å². The molecule has 2 N–H and O–H groups in total. The molecule has 0 aliphatic heterocycles. The van der Waals surface area contributed by atoms with E-state index in [1.165, 1.54) is 12.3 Å². The third-order valence-corrected chi connectivity index (χ3v) is 2.83. The molecule has 0 radical (unpaired) electrons. The number of rotatable bonds is 4. The molecule has 0 fully saturated rings. The van der Waals surface area contributed by atoms with Gasteiger partial charge in [0.1, 0.15) is 23.0 Å². The number of hydrogen-bond acceptors (Lipinski definition) is 3. The molecular formula is C14H12F2N2O2. The molecule has 0 bridgehead atoms. The molecule has 2 aromatic rings. The van der Waals surface area contributed by atoms with Crippen molar-refractivity contribution in [3.05, 3.63) is 58.8 Å². The fraction of sp³-hybridized carbons (Fsp3) is 0.143. The lowest BCUT2D eigenvalue weighted by molar-refractivity contribution is 0.0697. The molecule has 0 saturated carbocycles. The van der Waals surface area contributed by atoms with Gasteiger partial charge in [0.2, 0.25) is 0 Å². The molecular weight excluding hydrogens is 266 g/mol. The Hall–Kier alpha value is -2.50. The van der Waals surface area contributed by atoms with E-state index in [2.05, 4.69) is 10.3 Å². The first kappa shape index (κ1) is 13.9. The number of aromatic carboxylic acids is 1. The fourth-order valence-electron chi connectivity index (χ4n) is 1.81. The molecule has 0 saturated heterocycles. The first-order chi connectivity index (χ1) is 9.49. The molecule has 1 heterocycles. The smallest absolute Gasteiger partial charge is 0.339 e. The van der Waals surface area contributed by atoms with E-state index >= 15 is 0 Å². The maximum atomic E-state index is 13.5. The Morgan fingerprint density at radius 1 is 1.35 bits per heavy atom. The van der Waals surface area contributed by atoms with E-state index in [-0.39, 0.29) is 23.5 Å². The van der Waals surface area contributed by atoms with Crippen LogP contribution in [0.2, 0.25) is 0 Å². The molecule has 0 amide bonds. The lowest BCUT2D eigenvalue weighted by Crippen LogP contribution is -2.10. The summed E-state index contributed by atoms with van der Waals surface area (Å²) in [5, 5.41) is 11.9. The quantitative estimate of drug-likeness (QED) is 0.902. The van der Waals surface area contributed by atoms with E-state index in [4.69, 9.17) is 5.11 Å². The van der Waals surface area contributed by atoms with Crippen molar-refractivity contribution in [3.8, 4) is 0 Å². The number of anilines is 1. The number of aromatic nitrogens is 1. The monoisotopic (exact) mass is 278 g/mol. The van der Waals surface area contributed by atoms with Crippen molar-refractivity contribution in [2.24, 2.45) is 0 Å². The van der Waals surface area contributed by atoms with Crippen LogP contribution in [0.15, 0.2) is 30.5 Å². The Bertz CT molecular complexity index is 660. The number of hydrogen-bond donors (Lipinski definition) is 2. The van der Waals surface area contributed by atoms with Crippen LogP contribution in [-0.4, -0.2) is 16.1 Å². The second-order valence-corrected chi connectivity index (χ2v) is 4.25. The van der Waals surface area contributed by atoms with Crippen molar-refractivity contribution in [1.29, 1.82) is 0 Å². The molecule has 6 heteroatoms. The molecule has 0 spiro atoms. The summed E-state index contributed by atoms with van der Waals surface area (Å²) in [5.41, 5.74) is 0.815.